The maximum absolute atomic E-state index is 17.0. The van der Waals surface area contributed by atoms with Gasteiger partial charge in [-0.05, 0) is 45.5 Å². The highest BCUT2D eigenvalue weighted by Crippen LogP contribution is 2.46. The minimum absolute atomic E-state index is 0.0199. The fourth-order valence-electron chi connectivity index (χ4n) is 6.22. The van der Waals surface area contributed by atoms with Crippen LogP contribution in [-0.2, 0) is 0 Å². The van der Waals surface area contributed by atoms with E-state index in [1.807, 2.05) is 31.9 Å². The topological polar surface area (TPSA) is 143 Å². The Morgan fingerprint density at radius 2 is 1.94 bits per heavy atom. The van der Waals surface area contributed by atoms with E-state index in [2.05, 4.69) is 15.0 Å². The number of likely N-dealkylation sites (tertiary alicyclic amines) is 1. The van der Waals surface area contributed by atoms with Crippen molar-refractivity contribution in [1.29, 1.82) is 5.26 Å². The zero-order valence-corrected chi connectivity index (χ0v) is 27.7. The van der Waals surface area contributed by atoms with Crippen LogP contribution in [0.15, 0.2) is 30.6 Å². The maximum Gasteiger partial charge on any atom is 0.319 e. The van der Waals surface area contributed by atoms with Gasteiger partial charge in [0.25, 0.3) is 0 Å². The predicted octanol–water partition coefficient (Wildman–Crippen LogP) is 6.67. The molecule has 0 unspecified atom stereocenters. The van der Waals surface area contributed by atoms with Crippen LogP contribution in [-0.4, -0.2) is 63.3 Å². The van der Waals surface area contributed by atoms with E-state index >= 15 is 4.39 Å². The first-order valence-corrected chi connectivity index (χ1v) is 15.9. The van der Waals surface area contributed by atoms with Crippen LogP contribution in [0.25, 0.3) is 32.1 Å². The van der Waals surface area contributed by atoms with E-state index < -0.39 is 35.5 Å². The third-order valence-electron chi connectivity index (χ3n) is 9.25. The SMILES string of the molecule is C[C@H](c1nccnc1N)N(C)c1nc(O[C@H](C)[C@]2(C)C[C@@H](F)CN2C)nc2c(F)c(-c3ccc(F)c4sc(N)c(C#N)c34)c(Cl)cc12. The average Bonchev–Trinajstić information content (AvgIpc) is 3.51. The molecule has 4 heterocycles. The van der Waals surface area contributed by atoms with Gasteiger partial charge in [0.05, 0.1) is 26.9 Å². The minimum Gasteiger partial charge on any atom is -0.458 e. The molecule has 4 N–H and O–H groups in total. The van der Waals surface area contributed by atoms with Gasteiger partial charge in [-0.25, -0.2) is 18.2 Å². The number of nitrogens with zero attached hydrogens (tertiary/aromatic N) is 7. The van der Waals surface area contributed by atoms with Gasteiger partial charge < -0.3 is 21.1 Å². The van der Waals surface area contributed by atoms with Gasteiger partial charge in [0.2, 0.25) is 0 Å². The van der Waals surface area contributed by atoms with Crippen molar-refractivity contribution in [3.8, 4) is 23.2 Å². The quantitative estimate of drug-likeness (QED) is 0.191. The summed E-state index contributed by atoms with van der Waals surface area (Å²) in [7, 11) is 3.54. The van der Waals surface area contributed by atoms with Gasteiger partial charge in [-0.1, -0.05) is 17.7 Å². The number of ether oxygens (including phenoxy) is 1. The van der Waals surface area contributed by atoms with E-state index in [0.29, 0.717) is 5.69 Å². The van der Waals surface area contributed by atoms with E-state index in [0.717, 1.165) is 11.3 Å². The molecule has 6 rings (SSSR count). The summed E-state index contributed by atoms with van der Waals surface area (Å²) in [4.78, 5) is 21.3. The van der Waals surface area contributed by atoms with Crippen LogP contribution in [0.1, 0.15) is 44.5 Å². The summed E-state index contributed by atoms with van der Waals surface area (Å²) in [5.41, 5.74) is 11.9. The van der Waals surface area contributed by atoms with Gasteiger partial charge in [-0.2, -0.15) is 15.2 Å². The van der Waals surface area contributed by atoms with Crippen LogP contribution < -0.4 is 21.1 Å². The molecule has 10 nitrogen and oxygen atoms in total. The van der Waals surface area contributed by atoms with Crippen LogP contribution in [0.5, 0.6) is 6.01 Å². The Morgan fingerprint density at radius 3 is 2.60 bits per heavy atom. The molecule has 1 fully saturated rings. The first kappa shape index (κ1) is 32.5. The molecule has 0 amide bonds. The second-order valence-electron chi connectivity index (χ2n) is 11.9. The highest BCUT2D eigenvalue weighted by molar-refractivity contribution is 7.23. The van der Waals surface area contributed by atoms with Crippen molar-refractivity contribution in [3.63, 3.8) is 0 Å². The molecule has 0 aliphatic carbocycles. The Kier molecular flexibility index (Phi) is 8.27. The number of hydrogen-bond donors (Lipinski definition) is 2. The molecule has 0 bridgehead atoms. The maximum atomic E-state index is 17.0. The Morgan fingerprint density at radius 1 is 1.21 bits per heavy atom. The number of anilines is 3. The number of hydrogen-bond acceptors (Lipinski definition) is 11. The van der Waals surface area contributed by atoms with E-state index in [1.54, 1.807) is 18.9 Å². The first-order chi connectivity index (χ1) is 22.3. The molecule has 15 heteroatoms. The van der Waals surface area contributed by atoms with Gasteiger partial charge >= 0.3 is 6.01 Å². The Bertz CT molecular complexity index is 2090. The normalized spacial score (nSPS) is 19.6. The molecule has 3 aromatic heterocycles. The predicted molar refractivity (Wildman–Crippen MR) is 178 cm³/mol. The van der Waals surface area contributed by atoms with Crippen molar-refractivity contribution < 1.29 is 17.9 Å². The van der Waals surface area contributed by atoms with Crippen LogP contribution >= 0.6 is 22.9 Å². The molecule has 4 atom stereocenters. The number of halogens is 4. The molecule has 0 radical (unpaired) electrons. The highest BCUT2D eigenvalue weighted by Gasteiger charge is 2.45. The van der Waals surface area contributed by atoms with Crippen molar-refractivity contribution in [2.45, 2.75) is 51.0 Å². The standard InChI is InChI=1S/C32H31ClF3N9OS/c1-14(25-28(38)41-9-8-40-25)45(5)30-18-10-20(33)23(17-6-7-21(35)27-22(17)19(12-37)29(39)47-27)24(36)26(18)42-31(43-30)46-15(2)32(3)11-16(34)13-44(32)4/h6-10,14-16H,11,13,39H2,1-5H3,(H2,38,41)/t14-,15-,16-,32+/m1/s1. The molecule has 0 spiro atoms. The summed E-state index contributed by atoms with van der Waals surface area (Å²) in [5.74, 6) is -0.989. The summed E-state index contributed by atoms with van der Waals surface area (Å²) in [5, 5.41) is 10.3. The molecule has 5 aromatic rings. The number of nitriles is 1. The van der Waals surface area contributed by atoms with Crippen LogP contribution in [0.4, 0.5) is 29.8 Å². The van der Waals surface area contributed by atoms with Crippen LogP contribution in [0.3, 0.4) is 0 Å². The monoisotopic (exact) mass is 681 g/mol. The summed E-state index contributed by atoms with van der Waals surface area (Å²) in [6.45, 7) is 5.76. The number of nitrogens with two attached hydrogens (primary N) is 2. The van der Waals surface area contributed by atoms with E-state index in [4.69, 9.17) is 32.8 Å². The van der Waals surface area contributed by atoms with Crippen molar-refractivity contribution in [2.24, 2.45) is 0 Å². The van der Waals surface area contributed by atoms with E-state index in [1.165, 1.54) is 30.6 Å². The Hall–Kier alpha value is -4.45. The molecular formula is C32H31ClF3N9OS. The number of aromatic nitrogens is 4. The lowest BCUT2D eigenvalue weighted by Crippen LogP contribution is -2.50. The van der Waals surface area contributed by atoms with Gasteiger partial charge in [0.1, 0.15) is 52.0 Å². The smallest absolute Gasteiger partial charge is 0.319 e. The van der Waals surface area contributed by atoms with E-state index in [9.17, 15) is 14.0 Å². The molecule has 244 valence electrons. The van der Waals surface area contributed by atoms with Crippen molar-refractivity contribution in [3.05, 3.63) is 58.5 Å². The second kappa shape index (κ2) is 12.0. The summed E-state index contributed by atoms with van der Waals surface area (Å²) in [6.07, 6.45) is 1.58. The average molecular weight is 682 g/mol. The third-order valence-corrected chi connectivity index (χ3v) is 10.6. The lowest BCUT2D eigenvalue weighted by atomic mass is 9.92. The minimum atomic E-state index is -1.03. The van der Waals surface area contributed by atoms with E-state index in [-0.39, 0.29) is 78.3 Å². The number of rotatable bonds is 7. The Balaban J connectivity index is 1.58. The molecular weight excluding hydrogens is 651 g/mol. The zero-order valence-electron chi connectivity index (χ0n) is 26.1. The Labute approximate surface area is 277 Å². The molecule has 47 heavy (non-hydrogen) atoms. The number of thiophene rings is 1. The fourth-order valence-corrected chi connectivity index (χ4v) is 7.46. The largest absolute Gasteiger partial charge is 0.458 e. The number of nitrogen functional groups attached to an aromatic ring is 2. The third kappa shape index (κ3) is 5.32. The van der Waals surface area contributed by atoms with Crippen molar-refractivity contribution >= 4 is 60.6 Å². The highest BCUT2D eigenvalue weighted by atomic mass is 35.5. The van der Waals surface area contributed by atoms with Crippen molar-refractivity contribution in [2.75, 3.05) is 37.0 Å². The molecule has 1 saturated heterocycles. The summed E-state index contributed by atoms with van der Waals surface area (Å²) >= 11 is 7.70. The van der Waals surface area contributed by atoms with Crippen molar-refractivity contribution in [1.82, 2.24) is 24.8 Å². The molecule has 1 aliphatic rings. The number of likely N-dealkylation sites (N-methyl/N-ethyl adjacent to an activating group) is 1. The molecule has 0 saturated carbocycles. The second-order valence-corrected chi connectivity index (χ2v) is 13.4. The number of benzene rings is 2. The van der Waals surface area contributed by atoms with Gasteiger partial charge in [0, 0.05) is 48.7 Å². The van der Waals surface area contributed by atoms with Crippen LogP contribution in [0.2, 0.25) is 5.02 Å². The zero-order chi connectivity index (χ0) is 33.9. The van der Waals surface area contributed by atoms with Gasteiger partial charge in [0.15, 0.2) is 5.82 Å². The lowest BCUT2D eigenvalue weighted by Gasteiger charge is -2.37. The van der Waals surface area contributed by atoms with Crippen LogP contribution in [0, 0.1) is 23.0 Å². The van der Waals surface area contributed by atoms with Gasteiger partial charge in [-0.3, -0.25) is 9.88 Å². The van der Waals surface area contributed by atoms with Gasteiger partial charge in [-0.15, -0.1) is 11.3 Å². The lowest BCUT2D eigenvalue weighted by molar-refractivity contribution is 0.0409. The number of alkyl halides is 1. The first-order valence-electron chi connectivity index (χ1n) is 14.7. The molecule has 2 aromatic carbocycles. The summed E-state index contributed by atoms with van der Waals surface area (Å²) in [6, 6.07) is 5.40. The molecule has 1 aliphatic heterocycles. The fraction of sp³-hybridized carbons (Fsp3) is 0.344. The summed E-state index contributed by atoms with van der Waals surface area (Å²) < 4.78 is 52.7. The number of fused-ring (bicyclic) bond motifs is 2.